The summed E-state index contributed by atoms with van der Waals surface area (Å²) < 4.78 is 5.21. The zero-order valence-corrected chi connectivity index (χ0v) is 17.0. The molecule has 3 rings (SSSR count). The molecule has 2 amide bonds. The average Bonchev–Trinajstić information content (AvgIpc) is 2.73. The number of amides is 2. The first kappa shape index (κ1) is 20.7. The summed E-state index contributed by atoms with van der Waals surface area (Å²) in [5.74, 6) is -0.442. The Labute approximate surface area is 175 Å². The van der Waals surface area contributed by atoms with Gasteiger partial charge in [0.15, 0.2) is 0 Å². The van der Waals surface area contributed by atoms with Crippen molar-refractivity contribution in [2.24, 2.45) is 0 Å². The summed E-state index contributed by atoms with van der Waals surface area (Å²) in [5, 5.41) is 3.57. The van der Waals surface area contributed by atoms with E-state index in [-0.39, 0.29) is 12.6 Å². The molecule has 150 valence electrons. The molecule has 0 fully saturated rings. The minimum Gasteiger partial charge on any atom is -0.463 e. The lowest BCUT2D eigenvalue weighted by atomic mass is 9.97. The molecule has 1 atom stereocenters. The van der Waals surface area contributed by atoms with Crippen LogP contribution in [0, 0.1) is 0 Å². The molecule has 6 heteroatoms. The fraction of sp³-hybridized carbons (Fsp3) is 0.217. The number of carbonyl (C=O) groups is 2. The van der Waals surface area contributed by atoms with Crippen molar-refractivity contribution >= 4 is 29.2 Å². The molecule has 0 bridgehead atoms. The Morgan fingerprint density at radius 3 is 2.52 bits per heavy atom. The topological polar surface area (TPSA) is 58.6 Å². The molecule has 2 aromatic carbocycles. The fourth-order valence-corrected chi connectivity index (χ4v) is 3.26. The third-order valence-corrected chi connectivity index (χ3v) is 4.94. The molecule has 1 unspecified atom stereocenters. The van der Waals surface area contributed by atoms with Gasteiger partial charge in [0.1, 0.15) is 0 Å². The van der Waals surface area contributed by atoms with E-state index in [4.69, 9.17) is 16.3 Å². The van der Waals surface area contributed by atoms with E-state index in [1.165, 1.54) is 4.90 Å². The minimum absolute atomic E-state index is 0.263. The molecule has 1 aliphatic rings. The number of nitrogens with one attached hydrogen (secondary N) is 1. The highest BCUT2D eigenvalue weighted by Gasteiger charge is 2.32. The van der Waals surface area contributed by atoms with Gasteiger partial charge in [-0.2, -0.15) is 0 Å². The zero-order chi connectivity index (χ0) is 20.8. The van der Waals surface area contributed by atoms with Crippen LogP contribution in [0.1, 0.15) is 30.5 Å². The Morgan fingerprint density at radius 2 is 1.86 bits per heavy atom. The highest BCUT2D eigenvalue weighted by molar-refractivity contribution is 6.30. The van der Waals surface area contributed by atoms with E-state index in [1.54, 1.807) is 25.3 Å². The number of hydrogen-bond donors (Lipinski definition) is 1. The number of ether oxygens (including phenoxy) is 1. The van der Waals surface area contributed by atoms with Crippen molar-refractivity contribution in [3.63, 3.8) is 0 Å². The number of carbonyl (C=O) groups excluding carboxylic acids is 2. The van der Waals surface area contributed by atoms with Gasteiger partial charge in [-0.3, -0.25) is 0 Å². The number of halogens is 1. The lowest BCUT2D eigenvalue weighted by Gasteiger charge is -2.31. The number of nitrogens with zero attached hydrogens (tertiary/aromatic N) is 1. The van der Waals surface area contributed by atoms with Crippen molar-refractivity contribution in [1.82, 2.24) is 10.2 Å². The van der Waals surface area contributed by atoms with Crippen LogP contribution in [0.2, 0.25) is 5.02 Å². The normalized spacial score (nSPS) is 16.1. The SMILES string of the molecule is C=C(CCN1C=C(C(=O)OCC)C(c2ccccc2)NC1=O)c1ccc(Cl)cc1. The van der Waals surface area contributed by atoms with E-state index >= 15 is 0 Å². The van der Waals surface area contributed by atoms with E-state index in [0.717, 1.165) is 16.7 Å². The van der Waals surface area contributed by atoms with Gasteiger partial charge in [-0.15, -0.1) is 0 Å². The van der Waals surface area contributed by atoms with E-state index in [1.807, 2.05) is 42.5 Å². The molecular formula is C23H23ClN2O3. The van der Waals surface area contributed by atoms with Crippen molar-refractivity contribution < 1.29 is 14.3 Å². The van der Waals surface area contributed by atoms with Crippen LogP contribution in [-0.4, -0.2) is 30.1 Å². The molecule has 29 heavy (non-hydrogen) atoms. The van der Waals surface area contributed by atoms with E-state index < -0.39 is 12.0 Å². The van der Waals surface area contributed by atoms with Gasteiger partial charge in [0.2, 0.25) is 0 Å². The van der Waals surface area contributed by atoms with Gasteiger partial charge in [0, 0.05) is 17.8 Å². The Kier molecular flexibility index (Phi) is 6.73. The van der Waals surface area contributed by atoms with Gasteiger partial charge in [-0.1, -0.05) is 60.6 Å². The van der Waals surface area contributed by atoms with Crippen molar-refractivity contribution in [1.29, 1.82) is 0 Å². The van der Waals surface area contributed by atoms with Gasteiger partial charge in [-0.25, -0.2) is 9.59 Å². The first-order valence-electron chi connectivity index (χ1n) is 9.44. The van der Waals surface area contributed by atoms with Crippen molar-refractivity contribution in [3.8, 4) is 0 Å². The van der Waals surface area contributed by atoms with Gasteiger partial charge in [-0.05, 0) is 42.2 Å². The summed E-state index contributed by atoms with van der Waals surface area (Å²) in [5.41, 5.74) is 3.06. The van der Waals surface area contributed by atoms with Crippen molar-refractivity contribution in [2.45, 2.75) is 19.4 Å². The predicted octanol–water partition coefficient (Wildman–Crippen LogP) is 4.96. The molecule has 0 saturated carbocycles. The first-order valence-corrected chi connectivity index (χ1v) is 9.82. The maximum atomic E-state index is 12.7. The number of rotatable bonds is 7. The van der Waals surface area contributed by atoms with Crippen LogP contribution < -0.4 is 5.32 Å². The molecule has 1 heterocycles. The molecule has 0 saturated heterocycles. The summed E-state index contributed by atoms with van der Waals surface area (Å²) in [7, 11) is 0. The van der Waals surface area contributed by atoms with Crippen LogP contribution in [0.4, 0.5) is 4.79 Å². The molecule has 1 N–H and O–H groups in total. The smallest absolute Gasteiger partial charge is 0.337 e. The van der Waals surface area contributed by atoms with Gasteiger partial charge < -0.3 is 15.0 Å². The highest BCUT2D eigenvalue weighted by Crippen LogP contribution is 2.28. The molecule has 2 aromatic rings. The Balaban J connectivity index is 1.78. The van der Waals surface area contributed by atoms with E-state index in [0.29, 0.717) is 23.6 Å². The number of esters is 1. The van der Waals surface area contributed by atoms with E-state index in [9.17, 15) is 9.59 Å². The molecule has 0 spiro atoms. The number of hydrogen-bond acceptors (Lipinski definition) is 3. The summed E-state index contributed by atoms with van der Waals surface area (Å²) in [4.78, 5) is 26.7. The fourth-order valence-electron chi connectivity index (χ4n) is 3.13. The van der Waals surface area contributed by atoms with Crippen molar-refractivity contribution in [3.05, 3.63) is 89.1 Å². The van der Waals surface area contributed by atoms with Crippen LogP contribution in [0.3, 0.4) is 0 Å². The van der Waals surface area contributed by atoms with Crippen LogP contribution in [0.15, 0.2) is 72.9 Å². The second-order valence-electron chi connectivity index (χ2n) is 6.65. The monoisotopic (exact) mass is 410 g/mol. The third kappa shape index (κ3) is 5.06. The zero-order valence-electron chi connectivity index (χ0n) is 16.2. The Morgan fingerprint density at radius 1 is 1.17 bits per heavy atom. The van der Waals surface area contributed by atoms with Gasteiger partial charge in [0.25, 0.3) is 0 Å². The van der Waals surface area contributed by atoms with Crippen LogP contribution in [0.25, 0.3) is 5.57 Å². The molecule has 0 aliphatic carbocycles. The average molecular weight is 411 g/mol. The second-order valence-corrected chi connectivity index (χ2v) is 7.09. The summed E-state index contributed by atoms with van der Waals surface area (Å²) in [6.45, 7) is 6.50. The summed E-state index contributed by atoms with van der Waals surface area (Å²) >= 11 is 5.93. The predicted molar refractivity (Wildman–Crippen MR) is 114 cm³/mol. The number of urea groups is 1. The third-order valence-electron chi connectivity index (χ3n) is 4.69. The second kappa shape index (κ2) is 9.43. The standard InChI is InChI=1S/C23H23ClN2O3/c1-3-29-22(27)20-15-26(14-13-16(2)17-9-11-19(24)12-10-17)23(28)25-21(20)18-7-5-4-6-8-18/h4-12,15,21H,2-3,13-14H2,1H3,(H,25,28). The Hall–Kier alpha value is -3.05. The molecule has 0 aromatic heterocycles. The lowest BCUT2D eigenvalue weighted by molar-refractivity contribution is -0.139. The lowest BCUT2D eigenvalue weighted by Crippen LogP contribution is -2.45. The molecule has 0 radical (unpaired) electrons. The number of benzene rings is 2. The maximum Gasteiger partial charge on any atom is 0.337 e. The van der Waals surface area contributed by atoms with Crippen LogP contribution in [0.5, 0.6) is 0 Å². The summed E-state index contributed by atoms with van der Waals surface area (Å²) in [6.07, 6.45) is 2.14. The maximum absolute atomic E-state index is 12.7. The Bertz CT molecular complexity index is 923. The minimum atomic E-state index is -0.543. The van der Waals surface area contributed by atoms with Crippen LogP contribution in [-0.2, 0) is 9.53 Å². The first-order chi connectivity index (χ1) is 14.0. The van der Waals surface area contributed by atoms with Crippen LogP contribution >= 0.6 is 11.6 Å². The van der Waals surface area contributed by atoms with Gasteiger partial charge >= 0.3 is 12.0 Å². The van der Waals surface area contributed by atoms with E-state index in [2.05, 4.69) is 11.9 Å². The quantitative estimate of drug-likeness (QED) is 0.656. The van der Waals surface area contributed by atoms with Gasteiger partial charge in [0.05, 0.1) is 18.2 Å². The molecule has 1 aliphatic heterocycles. The summed E-state index contributed by atoms with van der Waals surface area (Å²) in [6, 6.07) is 16.0. The largest absolute Gasteiger partial charge is 0.463 e. The molecular weight excluding hydrogens is 388 g/mol. The van der Waals surface area contributed by atoms with Crippen molar-refractivity contribution in [2.75, 3.05) is 13.2 Å². The highest BCUT2D eigenvalue weighted by atomic mass is 35.5. The molecule has 5 nitrogen and oxygen atoms in total.